The number of phenolic OH excluding ortho intramolecular Hbond substituents is 1. The van der Waals surface area contributed by atoms with Crippen molar-refractivity contribution in [2.75, 3.05) is 39.5 Å². The normalized spacial score (nSPS) is 17.0. The molecule has 3 aromatic heterocycles. The number of carboxylic acid groups (broad SMARTS) is 1. The third-order valence-electron chi connectivity index (χ3n) is 19.5. The number of nitrogens with two attached hydrogens (primary N) is 2. The molecule has 2 aliphatic heterocycles. The number of aliphatic carboxylic acids is 1. The Kier molecular flexibility index (Phi) is 29.8. The number of aliphatic hydroxyl groups is 4. The summed E-state index contributed by atoms with van der Waals surface area (Å²) in [5, 5.41) is 96.6. The molecule has 37 nitrogen and oxygen atoms in total. The topological polar surface area (TPSA) is 589 Å². The maximum Gasteiger partial charge on any atom is 0.328 e. The van der Waals surface area contributed by atoms with Crippen molar-refractivity contribution in [1.29, 1.82) is 5.41 Å². The Bertz CT molecular complexity index is 4460. The number of aliphatic hydroxyl groups excluding tert-OH is 4. The van der Waals surface area contributed by atoms with Crippen molar-refractivity contribution < 1.29 is 88.2 Å². The van der Waals surface area contributed by atoms with E-state index in [4.69, 9.17) is 16.9 Å². The molecule has 0 saturated carbocycles. The summed E-state index contributed by atoms with van der Waals surface area (Å²) in [6.45, 7) is -1.99. The highest BCUT2D eigenvalue weighted by Gasteiger charge is 2.44. The number of carboxylic acids is 1. The van der Waals surface area contributed by atoms with Crippen LogP contribution in [0.2, 0.25) is 0 Å². The van der Waals surface area contributed by atoms with E-state index >= 15 is 4.79 Å². The van der Waals surface area contributed by atoms with Crippen LogP contribution in [0.1, 0.15) is 73.4 Å². The van der Waals surface area contributed by atoms with Crippen molar-refractivity contribution in [2.24, 2.45) is 11.5 Å². The zero-order valence-corrected chi connectivity index (χ0v) is 61.2. The molecule has 0 bridgehead atoms. The van der Waals surface area contributed by atoms with Crippen LogP contribution >= 0.6 is 0 Å². The molecular formula is C75H95N19O18. The Morgan fingerprint density at radius 3 is 1.48 bits per heavy atom. The zero-order valence-electron chi connectivity index (χ0n) is 61.2. The predicted molar refractivity (Wildman–Crippen MR) is 403 cm³/mol. The first-order valence-corrected chi connectivity index (χ1v) is 36.5. The van der Waals surface area contributed by atoms with E-state index in [2.05, 4.69) is 73.1 Å². The van der Waals surface area contributed by atoms with E-state index in [0.717, 1.165) is 15.4 Å². The van der Waals surface area contributed by atoms with E-state index < -0.39 is 175 Å². The molecule has 11 amide bonds. The quantitative estimate of drug-likeness (QED) is 0.00991. The first kappa shape index (κ1) is 83.7. The third-order valence-corrected chi connectivity index (χ3v) is 19.5. The van der Waals surface area contributed by atoms with Crippen LogP contribution in [-0.2, 0) is 89.6 Å². The average molecular weight is 1550 g/mol. The second kappa shape index (κ2) is 39.9. The molecule has 0 radical (unpaired) electrons. The molecular weight excluding hydrogens is 1450 g/mol. The third kappa shape index (κ3) is 22.4. The van der Waals surface area contributed by atoms with Crippen molar-refractivity contribution >= 4 is 98.7 Å². The van der Waals surface area contributed by atoms with E-state index in [0.29, 0.717) is 50.6 Å². The Hall–Kier alpha value is -12.3. The number of likely N-dealkylation sites (tertiary alicyclic amines) is 2. The Balaban J connectivity index is 0.924. The number of aromatic hydroxyl groups is 1. The van der Waals surface area contributed by atoms with Gasteiger partial charge in [-0.15, -0.1) is 0 Å². The molecule has 9 rings (SSSR count). The number of nitrogens with one attached hydrogen (secondary N) is 14. The van der Waals surface area contributed by atoms with Gasteiger partial charge >= 0.3 is 5.97 Å². The first-order valence-electron chi connectivity index (χ1n) is 36.5. The summed E-state index contributed by atoms with van der Waals surface area (Å²) in [5.41, 5.74) is 15.7. The number of benzene rings is 4. The SMILES string of the molecule is C[C@@H](O)[C@H](NC(=O)[C@H](Cc1ccc(O)cc1)NC(=O)[C@H](Cc1c[nH]c2ccccc12)NC(=O)[C@H](CO)NC(=O)[C@H](Cc1c[nH]c2ccccc12)NC(=O)[C@H](Cc1cnc[nH]1)NC(=O)[C@@H](N)Cc1ccccc1)C(=O)N1CCC[C@H]1C(=O)N[C@@H](CO)C(=O)N[C@@H](CCCNC(=N)N)C(=O)N1CCC[C@H]1C(=O)N[C@@H](CO)C(=O)O. The van der Waals surface area contributed by atoms with Gasteiger partial charge in [-0.1, -0.05) is 78.9 Å². The summed E-state index contributed by atoms with van der Waals surface area (Å²) < 4.78 is 0. The lowest BCUT2D eigenvalue weighted by Gasteiger charge is -2.32. The lowest BCUT2D eigenvalue weighted by molar-refractivity contribution is -0.146. The molecule has 37 heteroatoms. The number of rotatable bonds is 39. The number of imidazole rings is 1. The number of hydrogen-bond donors (Lipinski definition) is 22. The highest BCUT2D eigenvalue weighted by Crippen LogP contribution is 2.25. The highest BCUT2D eigenvalue weighted by atomic mass is 16.4. The van der Waals surface area contributed by atoms with Gasteiger partial charge < -0.3 is 120 Å². The van der Waals surface area contributed by atoms with E-state index in [1.165, 1.54) is 43.7 Å². The molecule has 7 aromatic rings. The van der Waals surface area contributed by atoms with Crippen molar-refractivity contribution in [2.45, 2.75) is 156 Å². The summed E-state index contributed by atoms with van der Waals surface area (Å²) >= 11 is 0. The molecule has 4 aromatic carbocycles. The summed E-state index contributed by atoms with van der Waals surface area (Å²) in [6.07, 6.45) is 3.90. The minimum Gasteiger partial charge on any atom is -0.508 e. The maximum atomic E-state index is 15.2. The van der Waals surface area contributed by atoms with Crippen LogP contribution in [0.15, 0.2) is 128 Å². The van der Waals surface area contributed by atoms with Gasteiger partial charge in [0, 0.05) is 91.4 Å². The largest absolute Gasteiger partial charge is 0.508 e. The summed E-state index contributed by atoms with van der Waals surface area (Å²) in [5.74, 6) is -12.6. The molecule has 2 saturated heterocycles. The molecule has 5 heterocycles. The standard InChI is InChI=1S/C75H95N19O18/c1-40(98)62(73(110)94-27-11-20-61(94)70(107)90-58(37-96)68(105)84-52(18-9-25-80-75(77)78)72(109)93-26-10-19-60(93)71(108)91-59(38-97)74(111)112)92-67(104)53(29-42-21-23-46(99)24-22-42)86-64(101)54(30-43-33-81-50-16-7-5-14-47(43)50)88-69(106)57(36-95)89-65(102)55(31-44-34-82-51-17-8-6-15-48(44)51)87-66(103)56(32-45-35-79-39-83-45)85-63(100)49(76)28-41-12-3-2-4-13-41/h2-8,12-17,21-24,33-35,39-40,49,52-62,81-82,95-99H,9-11,18-20,25-32,36-38,76H2,1H3,(H,79,83)(H,84,105)(H,85,100)(H,86,101)(H,87,103)(H,88,106)(H,89,102)(H,90,107)(H,91,108)(H,92,104)(H,111,112)(H4,77,78,80)/t40-,49+,52+,53+,54+,55+,56+,57+,58+,59+,60+,61+,62+/m1/s1. The predicted octanol–water partition coefficient (Wildman–Crippen LogP) is -4.03. The number of aromatic nitrogens is 4. The van der Waals surface area contributed by atoms with Crippen molar-refractivity contribution in [3.8, 4) is 5.75 Å². The van der Waals surface area contributed by atoms with Crippen LogP contribution in [-0.4, -0.2) is 255 Å². The van der Waals surface area contributed by atoms with Crippen LogP contribution in [0.4, 0.5) is 0 Å². The number of H-pyrrole nitrogens is 3. The van der Waals surface area contributed by atoms with Gasteiger partial charge in [0.2, 0.25) is 65.0 Å². The number of carbonyl (C=O) groups is 12. The van der Waals surface area contributed by atoms with Gasteiger partial charge in [-0.25, -0.2) is 9.78 Å². The highest BCUT2D eigenvalue weighted by molar-refractivity contribution is 6.01. The second-order valence-electron chi connectivity index (χ2n) is 27.5. The summed E-state index contributed by atoms with van der Waals surface area (Å²) in [4.78, 5) is 186. The molecule has 2 fully saturated rings. The number of para-hydroxylation sites is 2. The molecule has 0 unspecified atom stereocenters. The summed E-state index contributed by atoms with van der Waals surface area (Å²) in [6, 6.07) is 9.99. The number of nitrogens with zero attached hydrogens (tertiary/aromatic N) is 3. The van der Waals surface area contributed by atoms with Crippen LogP contribution < -0.4 is 64.6 Å². The number of amides is 11. The first-order chi connectivity index (χ1) is 53.7. The van der Waals surface area contributed by atoms with Crippen molar-refractivity contribution in [3.63, 3.8) is 0 Å². The average Bonchev–Trinajstić information content (AvgIpc) is 1.64. The van der Waals surface area contributed by atoms with Crippen LogP contribution in [0.25, 0.3) is 21.8 Å². The van der Waals surface area contributed by atoms with Crippen LogP contribution in [0, 0.1) is 5.41 Å². The maximum absolute atomic E-state index is 15.2. The molecule has 0 spiro atoms. The van der Waals surface area contributed by atoms with Gasteiger partial charge in [-0.05, 0) is 98.4 Å². The van der Waals surface area contributed by atoms with Gasteiger partial charge in [0.15, 0.2) is 5.96 Å². The summed E-state index contributed by atoms with van der Waals surface area (Å²) in [7, 11) is 0. The zero-order chi connectivity index (χ0) is 80.7. The van der Waals surface area contributed by atoms with E-state index in [9.17, 15) is 83.4 Å². The number of fused-ring (bicyclic) bond motifs is 2. The van der Waals surface area contributed by atoms with E-state index in [-0.39, 0.29) is 89.6 Å². The van der Waals surface area contributed by atoms with Crippen molar-refractivity contribution in [3.05, 3.63) is 156 Å². The van der Waals surface area contributed by atoms with E-state index in [1.807, 2.05) is 0 Å². The van der Waals surface area contributed by atoms with Gasteiger partial charge in [0.1, 0.15) is 72.2 Å². The van der Waals surface area contributed by atoms with Gasteiger partial charge in [-0.3, -0.25) is 58.1 Å². The molecule has 13 atom stereocenters. The van der Waals surface area contributed by atoms with Crippen molar-refractivity contribution in [1.82, 2.24) is 82.9 Å². The van der Waals surface area contributed by atoms with Gasteiger partial charge in [0.05, 0.1) is 38.3 Å². The Labute approximate surface area is 641 Å². The van der Waals surface area contributed by atoms with Gasteiger partial charge in [-0.2, -0.15) is 0 Å². The van der Waals surface area contributed by atoms with Crippen LogP contribution in [0.5, 0.6) is 5.75 Å². The Morgan fingerprint density at radius 1 is 0.527 bits per heavy atom. The lowest BCUT2D eigenvalue weighted by Crippen LogP contribution is -2.62. The number of carbonyl (C=O) groups excluding carboxylic acids is 11. The fourth-order valence-corrected chi connectivity index (χ4v) is 13.5. The molecule has 0 aliphatic carbocycles. The lowest BCUT2D eigenvalue weighted by atomic mass is 10.0. The minimum absolute atomic E-state index is 0.000732. The monoisotopic (exact) mass is 1550 g/mol. The Morgan fingerprint density at radius 2 is 0.973 bits per heavy atom. The smallest absolute Gasteiger partial charge is 0.328 e. The number of phenols is 1. The number of aromatic amines is 3. The number of hydrogen-bond acceptors (Lipinski definition) is 20. The van der Waals surface area contributed by atoms with Gasteiger partial charge in [0.25, 0.3) is 0 Å². The number of guanidine groups is 1. The minimum atomic E-state index is -1.86. The molecule has 598 valence electrons. The molecule has 112 heavy (non-hydrogen) atoms. The van der Waals surface area contributed by atoms with E-state index in [1.54, 1.807) is 91.3 Å². The molecule has 2 aliphatic rings. The second-order valence-corrected chi connectivity index (χ2v) is 27.5. The molecule has 24 N–H and O–H groups in total. The fourth-order valence-electron chi connectivity index (χ4n) is 13.5. The van der Waals surface area contributed by atoms with Crippen LogP contribution in [0.3, 0.4) is 0 Å². The fraction of sp³-hybridized carbons (Fsp3) is 0.413.